The molecule has 0 atom stereocenters. The average Bonchev–Trinajstić information content (AvgIpc) is 3.10. The van der Waals surface area contributed by atoms with E-state index in [1.165, 1.54) is 12.8 Å². The first kappa shape index (κ1) is 16.9. The Hall–Kier alpha value is -1.99. The van der Waals surface area contributed by atoms with E-state index < -0.39 is 10.0 Å². The minimum Gasteiger partial charge on any atom is -0.357 e. The molecule has 6 nitrogen and oxygen atoms in total. The van der Waals surface area contributed by atoms with Crippen molar-refractivity contribution in [3.05, 3.63) is 47.4 Å². The molecule has 7 heteroatoms. The van der Waals surface area contributed by atoms with Crippen LogP contribution in [-0.4, -0.2) is 31.5 Å². The average molecular weight is 346 g/mol. The molecule has 0 aliphatic carbocycles. The second-order valence-corrected chi connectivity index (χ2v) is 7.86. The topological polar surface area (TPSA) is 75.2 Å². The van der Waals surface area contributed by atoms with E-state index in [-0.39, 0.29) is 11.4 Å². The van der Waals surface area contributed by atoms with Crippen molar-refractivity contribution in [3.63, 3.8) is 0 Å². The number of aromatic nitrogens is 2. The fraction of sp³-hybridized carbons (Fsp3) is 0.412. The van der Waals surface area contributed by atoms with Gasteiger partial charge in [0.05, 0.1) is 11.4 Å². The lowest BCUT2D eigenvalue weighted by atomic mass is 10.1. The van der Waals surface area contributed by atoms with E-state index in [0.29, 0.717) is 5.82 Å². The number of rotatable bonds is 5. The zero-order valence-corrected chi connectivity index (χ0v) is 14.8. The summed E-state index contributed by atoms with van der Waals surface area (Å²) >= 11 is 0. The minimum atomic E-state index is -3.57. The Morgan fingerprint density at radius 2 is 1.88 bits per heavy atom. The van der Waals surface area contributed by atoms with Gasteiger partial charge in [-0.05, 0) is 56.0 Å². The summed E-state index contributed by atoms with van der Waals surface area (Å²) in [4.78, 5) is 11.1. The largest absolute Gasteiger partial charge is 0.357 e. The number of nitrogens with one attached hydrogen (secondary N) is 1. The molecule has 2 heterocycles. The maximum Gasteiger partial charge on any atom is 0.240 e. The van der Waals surface area contributed by atoms with Crippen LogP contribution in [0.25, 0.3) is 0 Å². The van der Waals surface area contributed by atoms with E-state index in [2.05, 4.69) is 19.6 Å². The van der Waals surface area contributed by atoms with Crippen molar-refractivity contribution in [1.29, 1.82) is 0 Å². The lowest BCUT2D eigenvalue weighted by molar-refractivity contribution is 0.579. The van der Waals surface area contributed by atoms with Gasteiger partial charge in [0.1, 0.15) is 11.6 Å². The Kier molecular flexibility index (Phi) is 4.82. The third kappa shape index (κ3) is 3.73. The summed E-state index contributed by atoms with van der Waals surface area (Å²) in [6.07, 6.45) is 4.01. The van der Waals surface area contributed by atoms with Gasteiger partial charge in [0, 0.05) is 19.3 Å². The molecule has 0 spiro atoms. The van der Waals surface area contributed by atoms with Gasteiger partial charge in [-0.25, -0.2) is 23.1 Å². The molecule has 1 aromatic heterocycles. The second kappa shape index (κ2) is 6.86. The first-order valence-electron chi connectivity index (χ1n) is 8.09. The standard InChI is InChI=1S/C17H22N4O2S/c1-13-5-6-15(11-14(13)2)24(22,23)19-12-16-18-8-7-17(20-16)21-9-3-4-10-21/h5-8,11,19H,3-4,9-10,12H2,1-2H3. The fourth-order valence-electron chi connectivity index (χ4n) is 2.72. The highest BCUT2D eigenvalue weighted by atomic mass is 32.2. The SMILES string of the molecule is Cc1ccc(S(=O)(=O)NCc2nccc(N3CCCC3)n2)cc1C. The number of anilines is 1. The highest BCUT2D eigenvalue weighted by Crippen LogP contribution is 2.18. The molecule has 0 unspecified atom stereocenters. The van der Waals surface area contributed by atoms with Crippen LogP contribution in [0.1, 0.15) is 29.8 Å². The summed E-state index contributed by atoms with van der Waals surface area (Å²) < 4.78 is 27.5. The van der Waals surface area contributed by atoms with Crippen LogP contribution in [0.3, 0.4) is 0 Å². The molecule has 0 amide bonds. The first-order valence-corrected chi connectivity index (χ1v) is 9.58. The van der Waals surface area contributed by atoms with Crippen LogP contribution in [-0.2, 0) is 16.6 Å². The number of nitrogens with zero attached hydrogens (tertiary/aromatic N) is 3. The predicted octanol–water partition coefficient (Wildman–Crippen LogP) is 2.17. The first-order chi connectivity index (χ1) is 11.5. The molecule has 1 aliphatic rings. The zero-order valence-electron chi connectivity index (χ0n) is 14.0. The van der Waals surface area contributed by atoms with E-state index in [1.54, 1.807) is 18.3 Å². The van der Waals surface area contributed by atoms with Gasteiger partial charge in [0.2, 0.25) is 10.0 Å². The van der Waals surface area contributed by atoms with Crippen molar-refractivity contribution in [2.24, 2.45) is 0 Å². The Labute approximate surface area is 143 Å². The molecule has 128 valence electrons. The van der Waals surface area contributed by atoms with Crippen molar-refractivity contribution < 1.29 is 8.42 Å². The predicted molar refractivity (Wildman–Crippen MR) is 93.4 cm³/mol. The summed E-state index contributed by atoms with van der Waals surface area (Å²) in [6.45, 7) is 5.92. The van der Waals surface area contributed by atoms with Crippen LogP contribution in [0.2, 0.25) is 0 Å². The van der Waals surface area contributed by atoms with Gasteiger partial charge in [-0.2, -0.15) is 0 Å². The number of hydrogen-bond donors (Lipinski definition) is 1. The van der Waals surface area contributed by atoms with Crippen molar-refractivity contribution in [1.82, 2.24) is 14.7 Å². The van der Waals surface area contributed by atoms with Crippen LogP contribution in [0.4, 0.5) is 5.82 Å². The summed E-state index contributed by atoms with van der Waals surface area (Å²) in [7, 11) is -3.57. The monoisotopic (exact) mass is 346 g/mol. The smallest absolute Gasteiger partial charge is 0.240 e. The molecule has 1 fully saturated rings. The van der Waals surface area contributed by atoms with E-state index in [1.807, 2.05) is 26.0 Å². The maximum atomic E-state index is 12.4. The van der Waals surface area contributed by atoms with Crippen LogP contribution in [0.15, 0.2) is 35.4 Å². The molecule has 0 radical (unpaired) electrons. The van der Waals surface area contributed by atoms with Gasteiger partial charge in [-0.1, -0.05) is 6.07 Å². The Bertz CT molecular complexity index is 830. The molecular formula is C17H22N4O2S. The van der Waals surface area contributed by atoms with E-state index in [9.17, 15) is 8.42 Å². The molecule has 2 aromatic rings. The number of hydrogen-bond acceptors (Lipinski definition) is 5. The van der Waals surface area contributed by atoms with Gasteiger partial charge < -0.3 is 4.90 Å². The Balaban J connectivity index is 1.72. The van der Waals surface area contributed by atoms with Crippen molar-refractivity contribution >= 4 is 15.8 Å². The van der Waals surface area contributed by atoms with Crippen LogP contribution >= 0.6 is 0 Å². The molecule has 3 rings (SSSR count). The summed E-state index contributed by atoms with van der Waals surface area (Å²) in [5, 5.41) is 0. The molecule has 24 heavy (non-hydrogen) atoms. The van der Waals surface area contributed by atoms with Gasteiger partial charge in [0.25, 0.3) is 0 Å². The summed E-state index contributed by atoms with van der Waals surface area (Å²) in [6, 6.07) is 6.98. The molecule has 1 N–H and O–H groups in total. The molecule has 1 saturated heterocycles. The highest BCUT2D eigenvalue weighted by molar-refractivity contribution is 7.89. The lowest BCUT2D eigenvalue weighted by Crippen LogP contribution is -2.25. The molecule has 1 aromatic carbocycles. The third-order valence-electron chi connectivity index (χ3n) is 4.33. The van der Waals surface area contributed by atoms with Crippen molar-refractivity contribution in [3.8, 4) is 0 Å². The van der Waals surface area contributed by atoms with Crippen LogP contribution in [0.5, 0.6) is 0 Å². The quantitative estimate of drug-likeness (QED) is 0.898. The van der Waals surface area contributed by atoms with E-state index in [4.69, 9.17) is 0 Å². The maximum absolute atomic E-state index is 12.4. The van der Waals surface area contributed by atoms with Gasteiger partial charge in [-0.3, -0.25) is 0 Å². The van der Waals surface area contributed by atoms with Gasteiger partial charge in [-0.15, -0.1) is 0 Å². The number of sulfonamides is 1. The molecule has 0 bridgehead atoms. The van der Waals surface area contributed by atoms with Crippen molar-refractivity contribution in [2.75, 3.05) is 18.0 Å². The fourth-order valence-corrected chi connectivity index (χ4v) is 3.78. The third-order valence-corrected chi connectivity index (χ3v) is 5.73. The second-order valence-electron chi connectivity index (χ2n) is 6.10. The molecule has 0 saturated carbocycles. The highest BCUT2D eigenvalue weighted by Gasteiger charge is 2.17. The van der Waals surface area contributed by atoms with Crippen molar-refractivity contribution in [2.45, 2.75) is 38.1 Å². The number of aryl methyl sites for hydroxylation is 2. The molecule has 1 aliphatic heterocycles. The Morgan fingerprint density at radius 1 is 1.12 bits per heavy atom. The zero-order chi connectivity index (χ0) is 17.2. The summed E-state index contributed by atoms with van der Waals surface area (Å²) in [5.41, 5.74) is 2.01. The van der Waals surface area contributed by atoms with Crippen LogP contribution in [0, 0.1) is 13.8 Å². The normalized spacial score (nSPS) is 15.0. The lowest BCUT2D eigenvalue weighted by Gasteiger charge is -2.16. The summed E-state index contributed by atoms with van der Waals surface area (Å²) in [5.74, 6) is 1.34. The number of benzene rings is 1. The van der Waals surface area contributed by atoms with Crippen LogP contribution < -0.4 is 9.62 Å². The van der Waals surface area contributed by atoms with Gasteiger partial charge >= 0.3 is 0 Å². The van der Waals surface area contributed by atoms with E-state index in [0.717, 1.165) is 30.0 Å². The van der Waals surface area contributed by atoms with E-state index >= 15 is 0 Å². The molecular weight excluding hydrogens is 324 g/mol. The van der Waals surface area contributed by atoms with Gasteiger partial charge in [0.15, 0.2) is 0 Å². The Morgan fingerprint density at radius 3 is 2.58 bits per heavy atom. The minimum absolute atomic E-state index is 0.0803.